The Morgan fingerprint density at radius 3 is 2.67 bits per heavy atom. The van der Waals surface area contributed by atoms with E-state index in [0.29, 0.717) is 22.7 Å². The number of methoxy groups -OCH3 is 1. The summed E-state index contributed by atoms with van der Waals surface area (Å²) in [6.07, 6.45) is 0. The predicted octanol–water partition coefficient (Wildman–Crippen LogP) is 3.47. The zero-order chi connectivity index (χ0) is 22.0. The summed E-state index contributed by atoms with van der Waals surface area (Å²) in [6.45, 7) is 6.12. The zero-order valence-corrected chi connectivity index (χ0v) is 17.8. The smallest absolute Gasteiger partial charge is 0.336 e. The number of esters is 1. The minimum atomic E-state index is -0.677. The third-order valence-corrected chi connectivity index (χ3v) is 5.13. The van der Waals surface area contributed by atoms with E-state index in [2.05, 4.69) is 10.4 Å². The summed E-state index contributed by atoms with van der Waals surface area (Å²) in [5.41, 5.74) is 2.82. The van der Waals surface area contributed by atoms with E-state index in [9.17, 15) is 14.9 Å². The summed E-state index contributed by atoms with van der Waals surface area (Å²) in [7, 11) is 3.33. The van der Waals surface area contributed by atoms with Gasteiger partial charge in [-0.2, -0.15) is 5.10 Å². The number of para-hydroxylation sites is 1. The van der Waals surface area contributed by atoms with E-state index < -0.39 is 16.8 Å². The number of ether oxygens (including phenoxy) is 2. The molecule has 9 heteroatoms. The average Bonchev–Trinajstić information content (AvgIpc) is 3.03. The number of fused-ring (bicyclic) bond motifs is 1. The van der Waals surface area contributed by atoms with Crippen LogP contribution in [0.15, 0.2) is 35.5 Å². The normalized spacial score (nSPS) is 15.7. The molecule has 0 saturated heterocycles. The number of aromatic nitrogens is 2. The molecular formula is C21H26N4O5. The van der Waals surface area contributed by atoms with Gasteiger partial charge in [0.15, 0.2) is 0 Å². The Labute approximate surface area is 174 Å². The second kappa shape index (κ2) is 8.66. The van der Waals surface area contributed by atoms with Crippen LogP contribution in [0.3, 0.4) is 0 Å². The van der Waals surface area contributed by atoms with Gasteiger partial charge in [-0.15, -0.1) is 0 Å². The fourth-order valence-corrected chi connectivity index (χ4v) is 3.80. The van der Waals surface area contributed by atoms with E-state index in [4.69, 9.17) is 9.47 Å². The van der Waals surface area contributed by atoms with E-state index in [1.54, 1.807) is 29.8 Å². The van der Waals surface area contributed by atoms with Crippen LogP contribution in [0.4, 0.5) is 11.5 Å². The van der Waals surface area contributed by atoms with Crippen LogP contribution in [0.25, 0.3) is 0 Å². The van der Waals surface area contributed by atoms with Crippen LogP contribution in [0.5, 0.6) is 0 Å². The summed E-state index contributed by atoms with van der Waals surface area (Å²) in [5, 5.41) is 19.7. The highest BCUT2D eigenvalue weighted by Crippen LogP contribution is 2.47. The van der Waals surface area contributed by atoms with Gasteiger partial charge in [-0.05, 0) is 12.8 Å². The number of nitro groups is 1. The lowest BCUT2D eigenvalue weighted by Crippen LogP contribution is -2.26. The Balaban J connectivity index is 2.25. The van der Waals surface area contributed by atoms with Gasteiger partial charge in [0.2, 0.25) is 0 Å². The van der Waals surface area contributed by atoms with Crippen molar-refractivity contribution in [1.29, 1.82) is 0 Å². The number of hydrogen-bond donors (Lipinski definition) is 1. The molecule has 2 heterocycles. The van der Waals surface area contributed by atoms with Crippen LogP contribution in [0, 0.1) is 10.1 Å². The maximum Gasteiger partial charge on any atom is 0.336 e. The molecular weight excluding hydrogens is 388 g/mol. The van der Waals surface area contributed by atoms with Crippen molar-refractivity contribution in [2.24, 2.45) is 7.05 Å². The largest absolute Gasteiger partial charge is 0.460 e. The minimum Gasteiger partial charge on any atom is -0.460 e. The number of anilines is 1. The number of nitrogens with one attached hydrogen (secondary N) is 1. The molecule has 1 aliphatic heterocycles. The molecule has 0 radical (unpaired) electrons. The maximum absolute atomic E-state index is 13.1. The van der Waals surface area contributed by atoms with Crippen molar-refractivity contribution < 1.29 is 19.2 Å². The Morgan fingerprint density at radius 1 is 1.33 bits per heavy atom. The topological polar surface area (TPSA) is 109 Å². The molecule has 1 aliphatic rings. The third-order valence-electron chi connectivity index (χ3n) is 5.13. The summed E-state index contributed by atoms with van der Waals surface area (Å²) < 4.78 is 12.1. The molecule has 1 aromatic heterocycles. The van der Waals surface area contributed by atoms with Gasteiger partial charge in [0, 0.05) is 37.0 Å². The molecule has 30 heavy (non-hydrogen) atoms. The summed E-state index contributed by atoms with van der Waals surface area (Å²) in [6, 6.07) is 6.48. The number of carbonyl (C=O) groups excluding carboxylic acids is 1. The number of rotatable bonds is 7. The number of carbonyl (C=O) groups is 1. The number of aryl methyl sites for hydroxylation is 1. The highest BCUT2D eigenvalue weighted by molar-refractivity contribution is 5.95. The van der Waals surface area contributed by atoms with Gasteiger partial charge in [-0.1, -0.05) is 32.0 Å². The van der Waals surface area contributed by atoms with Gasteiger partial charge in [-0.25, -0.2) is 4.79 Å². The molecule has 160 valence electrons. The number of nitrogens with zero attached hydrogens (tertiary/aromatic N) is 3. The molecule has 1 unspecified atom stereocenters. The molecule has 0 aliphatic carbocycles. The Hall–Kier alpha value is -3.20. The average molecular weight is 414 g/mol. The van der Waals surface area contributed by atoms with E-state index in [1.165, 1.54) is 13.2 Å². The lowest BCUT2D eigenvalue weighted by molar-refractivity contribution is -0.385. The molecule has 9 nitrogen and oxygen atoms in total. The quantitative estimate of drug-likeness (QED) is 0.320. The monoisotopic (exact) mass is 414 g/mol. The van der Waals surface area contributed by atoms with Crippen molar-refractivity contribution in [2.45, 2.75) is 32.6 Å². The summed E-state index contributed by atoms with van der Waals surface area (Å²) in [4.78, 5) is 24.4. The number of hydrogen-bond acceptors (Lipinski definition) is 7. The van der Waals surface area contributed by atoms with Crippen molar-refractivity contribution in [3.05, 3.63) is 62.5 Å². The Kier molecular flexibility index (Phi) is 6.21. The van der Waals surface area contributed by atoms with Gasteiger partial charge in [0.1, 0.15) is 12.4 Å². The standard InChI is InChI=1S/C21H26N4O5/c1-12(2)19-18-17(14-8-6-7-9-15(14)25(27)28)16(21(26)30-11-10-29-5)13(3)22-20(18)24(4)23-19/h6-9,12,17,22H,10-11H2,1-5H3. The van der Waals surface area contributed by atoms with Gasteiger partial charge in [0.05, 0.1) is 28.7 Å². The predicted molar refractivity (Wildman–Crippen MR) is 111 cm³/mol. The number of benzene rings is 1. The molecule has 1 aromatic carbocycles. The molecule has 0 bridgehead atoms. The first-order valence-electron chi connectivity index (χ1n) is 9.71. The molecule has 3 rings (SSSR count). The molecule has 0 saturated carbocycles. The van der Waals surface area contributed by atoms with Crippen LogP contribution in [-0.2, 0) is 21.3 Å². The van der Waals surface area contributed by atoms with Gasteiger partial charge in [0.25, 0.3) is 5.69 Å². The lowest BCUT2D eigenvalue weighted by Gasteiger charge is -2.29. The minimum absolute atomic E-state index is 0.0519. The zero-order valence-electron chi connectivity index (χ0n) is 17.8. The van der Waals surface area contributed by atoms with Crippen molar-refractivity contribution in [3.8, 4) is 0 Å². The number of nitro benzene ring substituents is 1. The van der Waals surface area contributed by atoms with Crippen molar-refractivity contribution in [1.82, 2.24) is 9.78 Å². The molecule has 2 aromatic rings. The third kappa shape index (κ3) is 3.80. The highest BCUT2D eigenvalue weighted by Gasteiger charge is 2.40. The van der Waals surface area contributed by atoms with Crippen LogP contribution in [-0.4, -0.2) is 41.0 Å². The van der Waals surface area contributed by atoms with Crippen molar-refractivity contribution >= 4 is 17.5 Å². The van der Waals surface area contributed by atoms with Crippen molar-refractivity contribution in [3.63, 3.8) is 0 Å². The van der Waals surface area contributed by atoms with Crippen LogP contribution < -0.4 is 5.32 Å². The maximum atomic E-state index is 13.1. The molecule has 1 N–H and O–H groups in total. The van der Waals surface area contributed by atoms with Gasteiger partial charge in [-0.3, -0.25) is 14.8 Å². The molecule has 1 atom stereocenters. The summed E-state index contributed by atoms with van der Waals surface area (Å²) >= 11 is 0. The SMILES string of the molecule is COCCOC(=O)C1=C(C)Nc2c(c(C(C)C)nn2C)C1c1ccccc1[N+](=O)[O-]. The second-order valence-corrected chi connectivity index (χ2v) is 7.47. The Bertz CT molecular complexity index is 1010. The van der Waals surface area contributed by atoms with Crippen LogP contribution >= 0.6 is 0 Å². The van der Waals surface area contributed by atoms with Gasteiger partial charge < -0.3 is 14.8 Å². The second-order valence-electron chi connectivity index (χ2n) is 7.47. The van der Waals surface area contributed by atoms with Gasteiger partial charge >= 0.3 is 5.97 Å². The number of allylic oxidation sites excluding steroid dienone is 1. The van der Waals surface area contributed by atoms with E-state index in [-0.39, 0.29) is 24.8 Å². The molecule has 0 spiro atoms. The first-order valence-corrected chi connectivity index (χ1v) is 9.71. The summed E-state index contributed by atoms with van der Waals surface area (Å²) in [5.74, 6) is -0.447. The van der Waals surface area contributed by atoms with Crippen LogP contribution in [0.1, 0.15) is 49.4 Å². The molecule has 0 fully saturated rings. The fraction of sp³-hybridized carbons (Fsp3) is 0.429. The van der Waals surface area contributed by atoms with E-state index in [1.807, 2.05) is 20.9 Å². The molecule has 0 amide bonds. The fourth-order valence-electron chi connectivity index (χ4n) is 3.80. The first kappa shape index (κ1) is 21.5. The highest BCUT2D eigenvalue weighted by atomic mass is 16.6. The Morgan fingerprint density at radius 2 is 2.03 bits per heavy atom. The van der Waals surface area contributed by atoms with E-state index in [0.717, 1.165) is 11.3 Å². The van der Waals surface area contributed by atoms with Crippen molar-refractivity contribution in [2.75, 3.05) is 25.6 Å². The first-order chi connectivity index (χ1) is 14.3. The van der Waals surface area contributed by atoms with E-state index >= 15 is 0 Å². The van der Waals surface area contributed by atoms with Crippen LogP contribution in [0.2, 0.25) is 0 Å². The lowest BCUT2D eigenvalue weighted by atomic mass is 9.79.